The summed E-state index contributed by atoms with van der Waals surface area (Å²) >= 11 is 1.10. The van der Waals surface area contributed by atoms with Crippen molar-refractivity contribution in [1.82, 2.24) is 19.2 Å². The van der Waals surface area contributed by atoms with Gasteiger partial charge in [0, 0.05) is 42.9 Å². The van der Waals surface area contributed by atoms with Crippen molar-refractivity contribution >= 4 is 40.0 Å². The van der Waals surface area contributed by atoms with E-state index in [-0.39, 0.29) is 53.1 Å². The Morgan fingerprint density at radius 2 is 2.08 bits per heavy atom. The van der Waals surface area contributed by atoms with Gasteiger partial charge < -0.3 is 10.2 Å². The van der Waals surface area contributed by atoms with Gasteiger partial charge >= 0.3 is 6.18 Å². The molecular formula is C23H26F3N5O3S2. The number of hydrogen-bond donors (Lipinski definition) is 1. The van der Waals surface area contributed by atoms with Crippen molar-refractivity contribution in [3.8, 4) is 10.6 Å². The highest BCUT2D eigenvalue weighted by Crippen LogP contribution is 2.53. The molecular weight excluding hydrogens is 515 g/mol. The number of thiophene rings is 1. The molecule has 0 aromatic carbocycles. The molecule has 0 saturated carbocycles. The number of piperidine rings is 1. The highest BCUT2D eigenvalue weighted by Gasteiger charge is 2.55. The lowest BCUT2D eigenvalue weighted by Crippen LogP contribution is -2.45. The lowest BCUT2D eigenvalue weighted by Gasteiger charge is -2.35. The Bertz CT molecular complexity index is 1270. The van der Waals surface area contributed by atoms with Gasteiger partial charge in [-0.05, 0) is 24.8 Å². The van der Waals surface area contributed by atoms with E-state index in [1.54, 1.807) is 11.2 Å². The summed E-state index contributed by atoms with van der Waals surface area (Å²) in [6, 6.07) is 1.38. The Balaban J connectivity index is 1.51. The van der Waals surface area contributed by atoms with Crippen LogP contribution in [0.25, 0.3) is 10.6 Å². The SMILES string of the molecule is CCC12CC(=O)CN1C(=O)c1cc(-c3nc(N[C@H]4CCN(S(C)=O)C[C@H]4C)ncc3C(F)(F)F)sc12. The van der Waals surface area contributed by atoms with Crippen LogP contribution in [0.2, 0.25) is 0 Å². The molecule has 3 aliphatic heterocycles. The van der Waals surface area contributed by atoms with Crippen molar-refractivity contribution < 1.29 is 27.0 Å². The zero-order chi connectivity index (χ0) is 26.0. The van der Waals surface area contributed by atoms with Gasteiger partial charge in [-0.3, -0.25) is 9.59 Å². The van der Waals surface area contributed by atoms with Crippen molar-refractivity contribution in [2.45, 2.75) is 50.9 Å². The monoisotopic (exact) mass is 541 g/mol. The normalized spacial score (nSPS) is 27.3. The number of alkyl halides is 3. The van der Waals surface area contributed by atoms with Gasteiger partial charge in [-0.15, -0.1) is 11.3 Å². The lowest BCUT2D eigenvalue weighted by molar-refractivity contribution is -0.137. The van der Waals surface area contributed by atoms with Gasteiger partial charge in [-0.25, -0.2) is 18.5 Å². The zero-order valence-corrected chi connectivity index (χ0v) is 21.6. The molecule has 4 atom stereocenters. The molecule has 0 bridgehead atoms. The first-order valence-corrected chi connectivity index (χ1v) is 14.1. The Kier molecular flexibility index (Phi) is 6.23. The number of rotatable bonds is 5. The predicted molar refractivity (Wildman–Crippen MR) is 130 cm³/mol. The molecule has 2 fully saturated rings. The molecule has 1 N–H and O–H groups in total. The molecule has 0 spiro atoms. The van der Waals surface area contributed by atoms with E-state index >= 15 is 0 Å². The summed E-state index contributed by atoms with van der Waals surface area (Å²) in [5.74, 6) is -0.225. The first-order chi connectivity index (χ1) is 16.9. The van der Waals surface area contributed by atoms with Crippen LogP contribution < -0.4 is 5.32 Å². The van der Waals surface area contributed by atoms with Gasteiger partial charge in [0.1, 0.15) is 5.56 Å². The highest BCUT2D eigenvalue weighted by molar-refractivity contribution is 7.81. The third-order valence-corrected chi connectivity index (χ3v) is 9.82. The van der Waals surface area contributed by atoms with Crippen LogP contribution in [0.3, 0.4) is 0 Å². The molecule has 2 saturated heterocycles. The molecule has 5 heterocycles. The average Bonchev–Trinajstić information content (AvgIpc) is 3.45. The minimum atomic E-state index is -4.69. The van der Waals surface area contributed by atoms with Crippen LogP contribution >= 0.6 is 11.3 Å². The van der Waals surface area contributed by atoms with Crippen molar-refractivity contribution in [3.05, 3.63) is 28.3 Å². The average molecular weight is 542 g/mol. The van der Waals surface area contributed by atoms with Crippen LogP contribution in [0.4, 0.5) is 19.1 Å². The molecule has 5 rings (SSSR count). The number of nitrogens with zero attached hydrogens (tertiary/aromatic N) is 4. The van der Waals surface area contributed by atoms with E-state index in [1.807, 2.05) is 18.2 Å². The van der Waals surface area contributed by atoms with Gasteiger partial charge in [-0.2, -0.15) is 13.2 Å². The van der Waals surface area contributed by atoms with Crippen LogP contribution in [0, 0.1) is 5.92 Å². The fraction of sp³-hybridized carbons (Fsp3) is 0.565. The number of halogens is 3. The quantitative estimate of drug-likeness (QED) is 0.621. The summed E-state index contributed by atoms with van der Waals surface area (Å²) in [6.45, 7) is 5.06. The summed E-state index contributed by atoms with van der Waals surface area (Å²) < 4.78 is 55.5. The topological polar surface area (TPSA) is 95.5 Å². The van der Waals surface area contributed by atoms with Gasteiger partial charge in [0.05, 0.1) is 39.2 Å². The minimum absolute atomic E-state index is 0.0292. The molecule has 36 heavy (non-hydrogen) atoms. The Morgan fingerprint density at radius 1 is 1.33 bits per heavy atom. The number of carbonyl (C=O) groups excluding carboxylic acids is 2. The maximum absolute atomic E-state index is 13.9. The number of ketones is 1. The Labute approximate surface area is 212 Å². The molecule has 0 aliphatic carbocycles. The molecule has 13 heteroatoms. The number of Topliss-reactive ketones (excluding diaryl/α,β-unsaturated/α-hetero) is 1. The van der Waals surface area contributed by atoms with Crippen LogP contribution in [0.1, 0.15) is 53.9 Å². The molecule has 2 unspecified atom stereocenters. The van der Waals surface area contributed by atoms with Crippen molar-refractivity contribution in [2.24, 2.45) is 5.92 Å². The maximum Gasteiger partial charge on any atom is 0.420 e. The maximum atomic E-state index is 13.9. The third kappa shape index (κ3) is 4.04. The second kappa shape index (κ2) is 8.88. The number of amides is 1. The van der Waals surface area contributed by atoms with Gasteiger partial charge in [0.2, 0.25) is 5.95 Å². The Hall–Kier alpha value is -2.38. The molecule has 8 nitrogen and oxygen atoms in total. The number of anilines is 1. The Morgan fingerprint density at radius 3 is 2.72 bits per heavy atom. The molecule has 0 radical (unpaired) electrons. The fourth-order valence-corrected chi connectivity index (χ4v) is 7.71. The minimum Gasteiger partial charge on any atom is -0.351 e. The van der Waals surface area contributed by atoms with E-state index in [2.05, 4.69) is 15.3 Å². The second-order valence-corrected chi connectivity index (χ2v) is 12.0. The van der Waals surface area contributed by atoms with Gasteiger partial charge in [-0.1, -0.05) is 13.8 Å². The summed E-state index contributed by atoms with van der Waals surface area (Å²) in [4.78, 5) is 35.9. The van der Waals surface area contributed by atoms with E-state index in [1.165, 1.54) is 6.07 Å². The van der Waals surface area contributed by atoms with Crippen molar-refractivity contribution in [3.63, 3.8) is 0 Å². The van der Waals surface area contributed by atoms with Crippen molar-refractivity contribution in [1.29, 1.82) is 0 Å². The molecule has 2 aromatic heterocycles. The summed E-state index contributed by atoms with van der Waals surface area (Å²) in [6.07, 6.45) is -0.972. The number of nitrogens with one attached hydrogen (secondary N) is 1. The first kappa shape index (κ1) is 25.3. The third-order valence-electron chi connectivity index (χ3n) is 7.43. The molecule has 3 aliphatic rings. The largest absolute Gasteiger partial charge is 0.420 e. The number of hydrogen-bond acceptors (Lipinski definition) is 7. The number of aromatic nitrogens is 2. The van der Waals surface area contributed by atoms with E-state index in [9.17, 15) is 27.0 Å². The first-order valence-electron chi connectivity index (χ1n) is 11.7. The molecule has 2 aromatic rings. The van der Waals surface area contributed by atoms with E-state index < -0.39 is 28.3 Å². The summed E-state index contributed by atoms with van der Waals surface area (Å²) in [5, 5.41) is 3.17. The van der Waals surface area contributed by atoms with Crippen molar-refractivity contribution in [2.75, 3.05) is 31.2 Å². The van der Waals surface area contributed by atoms with Crippen LogP contribution in [-0.4, -0.2) is 67.0 Å². The van der Waals surface area contributed by atoms with Gasteiger partial charge in [0.25, 0.3) is 5.91 Å². The van der Waals surface area contributed by atoms with Crippen LogP contribution in [0.15, 0.2) is 12.3 Å². The second-order valence-electron chi connectivity index (χ2n) is 9.63. The summed E-state index contributed by atoms with van der Waals surface area (Å²) in [7, 11) is -1.08. The smallest absolute Gasteiger partial charge is 0.351 e. The van der Waals surface area contributed by atoms with E-state index in [4.69, 9.17) is 0 Å². The highest BCUT2D eigenvalue weighted by atomic mass is 32.2. The lowest BCUT2D eigenvalue weighted by atomic mass is 9.92. The molecule has 194 valence electrons. The summed E-state index contributed by atoms with van der Waals surface area (Å²) in [5.41, 5.74) is -1.70. The van der Waals surface area contributed by atoms with E-state index in [0.717, 1.165) is 17.5 Å². The molecule has 1 amide bonds. The van der Waals surface area contributed by atoms with Crippen LogP contribution in [-0.2, 0) is 27.5 Å². The van der Waals surface area contributed by atoms with Crippen LogP contribution in [0.5, 0.6) is 0 Å². The van der Waals surface area contributed by atoms with Gasteiger partial charge in [0.15, 0.2) is 5.78 Å². The van der Waals surface area contributed by atoms with E-state index in [0.29, 0.717) is 36.4 Å². The zero-order valence-electron chi connectivity index (χ0n) is 20.0. The fourth-order valence-electron chi connectivity index (χ4n) is 5.48. The predicted octanol–water partition coefficient (Wildman–Crippen LogP) is 3.67. The standard InChI is InChI=1S/C23H26F3N5O3S2/c1-4-22-8-13(32)11-31(22)20(33)14-7-17(35-19(14)22)18-15(23(24,25)26)9-27-21(29-18)28-16-5-6-30(36(3)34)10-12(16)2/h7,9,12,16H,4-6,8,10-11H2,1-3H3,(H,27,28,29)/t12-,16+,22?,36?/m1/s1. The number of fused-ring (bicyclic) bond motifs is 3. The number of carbonyl (C=O) groups is 2.